The zero-order valence-corrected chi connectivity index (χ0v) is 21.3. The van der Waals surface area contributed by atoms with Crippen molar-refractivity contribution in [2.75, 3.05) is 28.4 Å². The van der Waals surface area contributed by atoms with Gasteiger partial charge in [0.1, 0.15) is 5.75 Å². The molecule has 1 amide bonds. The zero-order chi connectivity index (χ0) is 25.8. The Hall–Kier alpha value is -4.19. The van der Waals surface area contributed by atoms with Crippen molar-refractivity contribution in [3.05, 3.63) is 88.5 Å². The van der Waals surface area contributed by atoms with Crippen molar-refractivity contribution in [2.45, 2.75) is 19.9 Å². The van der Waals surface area contributed by atoms with E-state index in [1.807, 2.05) is 68.6 Å². The van der Waals surface area contributed by atoms with Crippen LogP contribution in [0.2, 0.25) is 0 Å². The number of phenols is 1. The van der Waals surface area contributed by atoms with Crippen LogP contribution >= 0.6 is 0 Å². The van der Waals surface area contributed by atoms with Gasteiger partial charge in [0.2, 0.25) is 11.7 Å². The van der Waals surface area contributed by atoms with Crippen LogP contribution < -0.4 is 14.2 Å². The molecule has 0 bridgehead atoms. The predicted molar refractivity (Wildman–Crippen MR) is 142 cm³/mol. The van der Waals surface area contributed by atoms with E-state index >= 15 is 0 Å². The molecule has 0 unspecified atom stereocenters. The van der Waals surface area contributed by atoms with Crippen molar-refractivity contribution in [1.82, 2.24) is 4.90 Å². The standard InChI is InChI=1S/C30H31NO5/c1-19-24(13-21-14-27(35-4)30(33)28(15-21)36-5)23-12-11-22(34-3)16-26(23)25(19)17-29(32)31(2)18-20-9-7-6-8-10-20/h6-16,33H,17-18H2,1-5H3/b24-13-. The summed E-state index contributed by atoms with van der Waals surface area (Å²) in [6, 6.07) is 19.4. The van der Waals surface area contributed by atoms with Crippen LogP contribution in [0.3, 0.4) is 0 Å². The Morgan fingerprint density at radius 2 is 1.58 bits per heavy atom. The second kappa shape index (κ2) is 10.6. The van der Waals surface area contributed by atoms with Gasteiger partial charge < -0.3 is 24.2 Å². The van der Waals surface area contributed by atoms with Gasteiger partial charge in [0.05, 0.1) is 27.8 Å². The summed E-state index contributed by atoms with van der Waals surface area (Å²) in [6.07, 6.45) is 2.30. The lowest BCUT2D eigenvalue weighted by molar-refractivity contribution is -0.129. The number of fused-ring (bicyclic) bond motifs is 1. The van der Waals surface area contributed by atoms with Gasteiger partial charge in [-0.2, -0.15) is 0 Å². The average Bonchev–Trinajstić information content (AvgIpc) is 3.15. The number of carbonyl (C=O) groups is 1. The smallest absolute Gasteiger partial charge is 0.227 e. The van der Waals surface area contributed by atoms with Gasteiger partial charge in [-0.3, -0.25) is 4.79 Å². The number of allylic oxidation sites excluding steroid dienone is 2. The number of amides is 1. The summed E-state index contributed by atoms with van der Waals surface area (Å²) in [4.78, 5) is 15.0. The fourth-order valence-electron chi connectivity index (χ4n) is 4.51. The monoisotopic (exact) mass is 485 g/mol. The average molecular weight is 486 g/mol. The number of hydrogen-bond acceptors (Lipinski definition) is 5. The molecule has 0 fully saturated rings. The molecule has 1 aliphatic rings. The number of methoxy groups -OCH3 is 3. The minimum atomic E-state index is -0.0429. The first-order valence-electron chi connectivity index (χ1n) is 11.7. The molecule has 1 aliphatic carbocycles. The lowest BCUT2D eigenvalue weighted by Crippen LogP contribution is -2.26. The summed E-state index contributed by atoms with van der Waals surface area (Å²) < 4.78 is 16.1. The van der Waals surface area contributed by atoms with Crippen LogP contribution in [0, 0.1) is 0 Å². The summed E-state index contributed by atoms with van der Waals surface area (Å²) in [5.41, 5.74) is 6.89. The van der Waals surface area contributed by atoms with Crippen molar-refractivity contribution < 1.29 is 24.1 Å². The molecule has 0 atom stereocenters. The Bertz CT molecular complexity index is 1320. The van der Waals surface area contributed by atoms with Gasteiger partial charge in [0.15, 0.2) is 11.5 Å². The lowest BCUT2D eigenvalue weighted by atomic mass is 10.00. The Balaban J connectivity index is 1.73. The number of rotatable bonds is 8. The van der Waals surface area contributed by atoms with E-state index in [2.05, 4.69) is 0 Å². The lowest BCUT2D eigenvalue weighted by Gasteiger charge is -2.18. The molecule has 0 aromatic heterocycles. The summed E-state index contributed by atoms with van der Waals surface area (Å²) in [7, 11) is 6.47. The fourth-order valence-corrected chi connectivity index (χ4v) is 4.51. The van der Waals surface area contributed by atoms with Crippen LogP contribution in [0.5, 0.6) is 23.0 Å². The van der Waals surface area contributed by atoms with Crippen molar-refractivity contribution in [3.8, 4) is 23.0 Å². The predicted octanol–water partition coefficient (Wildman–Crippen LogP) is 5.79. The Labute approximate surface area is 212 Å². The molecule has 0 saturated carbocycles. The number of carbonyl (C=O) groups excluding carboxylic acids is 1. The summed E-state index contributed by atoms with van der Waals surface area (Å²) in [5, 5.41) is 10.3. The number of nitrogens with zero attached hydrogens (tertiary/aromatic N) is 1. The van der Waals surface area contributed by atoms with Gasteiger partial charge in [-0.15, -0.1) is 0 Å². The van der Waals surface area contributed by atoms with E-state index in [0.717, 1.165) is 44.7 Å². The van der Waals surface area contributed by atoms with Crippen molar-refractivity contribution in [1.29, 1.82) is 0 Å². The fraction of sp³-hybridized carbons (Fsp3) is 0.233. The highest BCUT2D eigenvalue weighted by Crippen LogP contribution is 2.46. The molecule has 186 valence electrons. The van der Waals surface area contributed by atoms with Gasteiger partial charge in [-0.25, -0.2) is 0 Å². The van der Waals surface area contributed by atoms with Crippen molar-refractivity contribution in [3.63, 3.8) is 0 Å². The van der Waals surface area contributed by atoms with E-state index in [1.165, 1.54) is 14.2 Å². The third-order valence-corrected chi connectivity index (χ3v) is 6.53. The highest BCUT2D eigenvalue weighted by atomic mass is 16.5. The normalized spacial score (nSPS) is 13.5. The summed E-state index contributed by atoms with van der Waals surface area (Å²) >= 11 is 0. The van der Waals surface area contributed by atoms with Gasteiger partial charge >= 0.3 is 0 Å². The van der Waals surface area contributed by atoms with E-state index < -0.39 is 0 Å². The van der Waals surface area contributed by atoms with E-state index in [-0.39, 0.29) is 18.1 Å². The number of benzene rings is 3. The molecule has 0 aliphatic heterocycles. The molecule has 1 N–H and O–H groups in total. The molecule has 0 saturated heterocycles. The van der Waals surface area contributed by atoms with Gasteiger partial charge in [0.25, 0.3) is 0 Å². The largest absolute Gasteiger partial charge is 0.502 e. The molecule has 0 heterocycles. The first-order chi connectivity index (χ1) is 17.4. The van der Waals surface area contributed by atoms with Crippen LogP contribution in [0.25, 0.3) is 17.2 Å². The number of phenolic OH excluding ortho intramolecular Hbond substituents is 1. The van der Waals surface area contributed by atoms with Crippen LogP contribution in [-0.4, -0.2) is 44.3 Å². The van der Waals surface area contributed by atoms with Gasteiger partial charge in [-0.1, -0.05) is 36.4 Å². The van der Waals surface area contributed by atoms with Crippen molar-refractivity contribution in [2.24, 2.45) is 0 Å². The van der Waals surface area contributed by atoms with Crippen LogP contribution in [0.15, 0.2) is 66.2 Å². The highest BCUT2D eigenvalue weighted by Gasteiger charge is 2.27. The first-order valence-corrected chi connectivity index (χ1v) is 11.7. The highest BCUT2D eigenvalue weighted by molar-refractivity contribution is 6.08. The molecule has 0 spiro atoms. The van der Waals surface area contributed by atoms with E-state index in [1.54, 1.807) is 24.1 Å². The van der Waals surface area contributed by atoms with E-state index in [4.69, 9.17) is 14.2 Å². The van der Waals surface area contributed by atoms with Crippen molar-refractivity contribution >= 4 is 23.1 Å². The van der Waals surface area contributed by atoms with E-state index in [9.17, 15) is 9.90 Å². The molecule has 0 radical (unpaired) electrons. The Kier molecular flexibility index (Phi) is 7.34. The topological polar surface area (TPSA) is 68.2 Å². The molecule has 3 aromatic carbocycles. The van der Waals surface area contributed by atoms with Gasteiger partial charge in [-0.05, 0) is 76.2 Å². The third kappa shape index (κ3) is 4.93. The quantitative estimate of drug-likeness (QED) is 0.437. The molecule has 36 heavy (non-hydrogen) atoms. The molecule has 3 aromatic rings. The van der Waals surface area contributed by atoms with Crippen LogP contribution in [-0.2, 0) is 11.3 Å². The van der Waals surface area contributed by atoms with Crippen LogP contribution in [0.1, 0.15) is 35.6 Å². The Morgan fingerprint density at radius 1 is 0.917 bits per heavy atom. The third-order valence-electron chi connectivity index (χ3n) is 6.53. The first kappa shape index (κ1) is 24.9. The Morgan fingerprint density at radius 3 is 2.19 bits per heavy atom. The number of hydrogen-bond donors (Lipinski definition) is 1. The molecule has 6 heteroatoms. The second-order valence-electron chi connectivity index (χ2n) is 8.76. The minimum absolute atomic E-state index is 0.0381. The maximum absolute atomic E-state index is 13.3. The SMILES string of the molecule is COc1ccc2c(c1)C(CC(=O)N(C)Cc1ccccc1)=C(C)/C2=C/c1cc(OC)c(O)c(OC)c1. The summed E-state index contributed by atoms with van der Waals surface area (Å²) in [5.74, 6) is 1.38. The van der Waals surface area contributed by atoms with Crippen LogP contribution in [0.4, 0.5) is 0 Å². The second-order valence-corrected chi connectivity index (χ2v) is 8.76. The van der Waals surface area contributed by atoms with Gasteiger partial charge in [0, 0.05) is 13.6 Å². The zero-order valence-electron chi connectivity index (χ0n) is 21.3. The molecule has 6 nitrogen and oxygen atoms in total. The summed E-state index contributed by atoms with van der Waals surface area (Å²) in [6.45, 7) is 2.58. The maximum Gasteiger partial charge on any atom is 0.227 e. The minimum Gasteiger partial charge on any atom is -0.502 e. The maximum atomic E-state index is 13.3. The molecular weight excluding hydrogens is 454 g/mol. The molecular formula is C30H31NO5. The number of aromatic hydroxyl groups is 1. The number of ether oxygens (including phenoxy) is 3. The molecule has 4 rings (SSSR count). The van der Waals surface area contributed by atoms with E-state index in [0.29, 0.717) is 18.0 Å².